The fourth-order valence-electron chi connectivity index (χ4n) is 5.29. The molecule has 0 amide bonds. The number of aryl methyl sites for hydroxylation is 1. The summed E-state index contributed by atoms with van der Waals surface area (Å²) >= 11 is 3.78. The van der Waals surface area contributed by atoms with E-state index in [-0.39, 0.29) is 0 Å². The van der Waals surface area contributed by atoms with Gasteiger partial charge in [-0.2, -0.15) is 0 Å². The molecule has 2 aliphatic carbocycles. The van der Waals surface area contributed by atoms with E-state index in [0.29, 0.717) is 12.3 Å². The molecule has 0 saturated heterocycles. The number of allylic oxidation sites excluding steroid dienone is 1. The van der Waals surface area contributed by atoms with Crippen molar-refractivity contribution < 1.29 is 9.90 Å². The number of benzene rings is 2. The number of fused-ring (bicyclic) bond motifs is 2. The molecule has 30 heavy (non-hydrogen) atoms. The Hall–Kier alpha value is -1.87. The second kappa shape index (κ2) is 9.96. The lowest BCUT2D eigenvalue weighted by Gasteiger charge is -2.28. The molecule has 1 N–H and O–H groups in total. The molecule has 1 saturated carbocycles. The highest BCUT2D eigenvalue weighted by Gasteiger charge is 2.22. The third kappa shape index (κ3) is 5.06. The van der Waals surface area contributed by atoms with E-state index in [1.54, 1.807) is 0 Å². The number of hydrogen-bond donors (Lipinski definition) is 1. The Labute approximate surface area is 188 Å². The molecule has 2 aromatic rings. The van der Waals surface area contributed by atoms with Crippen LogP contribution in [0.1, 0.15) is 73.6 Å². The average Bonchev–Trinajstić information content (AvgIpc) is 2.91. The van der Waals surface area contributed by atoms with Crippen molar-refractivity contribution in [2.45, 2.75) is 64.2 Å². The minimum absolute atomic E-state index is 0.329. The summed E-state index contributed by atoms with van der Waals surface area (Å²) in [5, 5.41) is 8.90. The highest BCUT2D eigenvalue weighted by atomic mass is 79.9. The molecular formula is C27H31BrO2. The molecule has 3 heteroatoms. The molecule has 0 aliphatic heterocycles. The number of rotatable bonds is 6. The molecule has 0 spiro atoms. The van der Waals surface area contributed by atoms with E-state index in [4.69, 9.17) is 5.11 Å². The van der Waals surface area contributed by atoms with Crippen molar-refractivity contribution in [1.29, 1.82) is 0 Å². The fraction of sp³-hybridized carbons (Fsp3) is 0.444. The van der Waals surface area contributed by atoms with Gasteiger partial charge in [-0.05, 0) is 77.8 Å². The Kier molecular flexibility index (Phi) is 7.09. The second-order valence-corrected chi connectivity index (χ2v) is 9.79. The van der Waals surface area contributed by atoms with E-state index in [0.717, 1.165) is 31.6 Å². The SMILES string of the molecule is O=C(O)CCC1CCC(CCC=C2c3ccccc3CCc3c(Br)cccc32)CC1. The zero-order chi connectivity index (χ0) is 20.9. The van der Waals surface area contributed by atoms with Gasteiger partial charge in [0, 0.05) is 10.9 Å². The Balaban J connectivity index is 1.45. The Bertz CT molecular complexity index is 922. The molecule has 0 bridgehead atoms. The van der Waals surface area contributed by atoms with Gasteiger partial charge < -0.3 is 5.11 Å². The van der Waals surface area contributed by atoms with Gasteiger partial charge in [0.15, 0.2) is 0 Å². The monoisotopic (exact) mass is 466 g/mol. The summed E-state index contributed by atoms with van der Waals surface area (Å²) in [6.45, 7) is 0. The van der Waals surface area contributed by atoms with Crippen molar-refractivity contribution in [2.24, 2.45) is 11.8 Å². The predicted octanol–water partition coefficient (Wildman–Crippen LogP) is 7.43. The molecule has 0 radical (unpaired) electrons. The van der Waals surface area contributed by atoms with Crippen LogP contribution >= 0.6 is 15.9 Å². The van der Waals surface area contributed by atoms with Crippen LogP contribution in [-0.4, -0.2) is 11.1 Å². The van der Waals surface area contributed by atoms with Crippen LogP contribution in [0.2, 0.25) is 0 Å². The number of carboxylic acids is 1. The lowest BCUT2D eigenvalue weighted by Crippen LogP contribution is -2.15. The van der Waals surface area contributed by atoms with Crippen LogP contribution in [-0.2, 0) is 17.6 Å². The first-order valence-corrected chi connectivity index (χ1v) is 12.2. The van der Waals surface area contributed by atoms with Gasteiger partial charge in [-0.25, -0.2) is 0 Å². The first-order chi connectivity index (χ1) is 14.6. The lowest BCUT2D eigenvalue weighted by molar-refractivity contribution is -0.137. The molecule has 2 nitrogen and oxygen atoms in total. The zero-order valence-corrected chi connectivity index (χ0v) is 19.2. The van der Waals surface area contributed by atoms with Crippen LogP contribution < -0.4 is 0 Å². The van der Waals surface area contributed by atoms with E-state index in [9.17, 15) is 4.79 Å². The lowest BCUT2D eigenvalue weighted by atomic mass is 9.78. The molecule has 0 heterocycles. The van der Waals surface area contributed by atoms with Crippen LogP contribution in [0.15, 0.2) is 53.0 Å². The number of carbonyl (C=O) groups is 1. The highest BCUT2D eigenvalue weighted by Crippen LogP contribution is 2.38. The normalized spacial score (nSPS) is 22.2. The van der Waals surface area contributed by atoms with Crippen molar-refractivity contribution >= 4 is 27.5 Å². The van der Waals surface area contributed by atoms with Gasteiger partial charge in [0.05, 0.1) is 0 Å². The molecule has 0 atom stereocenters. The van der Waals surface area contributed by atoms with E-state index < -0.39 is 5.97 Å². The second-order valence-electron chi connectivity index (χ2n) is 8.94. The van der Waals surface area contributed by atoms with Crippen molar-refractivity contribution in [3.63, 3.8) is 0 Å². The van der Waals surface area contributed by atoms with Gasteiger partial charge in [0.1, 0.15) is 0 Å². The molecular weight excluding hydrogens is 436 g/mol. The summed E-state index contributed by atoms with van der Waals surface area (Å²) in [6, 6.07) is 15.5. The van der Waals surface area contributed by atoms with Gasteiger partial charge >= 0.3 is 5.97 Å². The fourth-order valence-corrected chi connectivity index (χ4v) is 5.86. The smallest absolute Gasteiger partial charge is 0.303 e. The molecule has 4 rings (SSSR count). The van der Waals surface area contributed by atoms with Gasteiger partial charge in [-0.3, -0.25) is 4.79 Å². The standard InChI is InChI=1S/C27H31BrO2/c28-26-10-4-9-24-23(22-7-2-1-6-21(22)16-17-25(24)26)8-3-5-19-11-13-20(14-12-19)15-18-27(29)30/h1-2,4,6-10,19-20H,3,5,11-18H2,(H,29,30). The largest absolute Gasteiger partial charge is 0.481 e. The van der Waals surface area contributed by atoms with Gasteiger partial charge in [-0.1, -0.05) is 84.1 Å². The number of halogens is 1. The summed E-state index contributed by atoms with van der Waals surface area (Å²) in [6.07, 6.45) is 13.1. The number of carboxylic acid groups (broad SMARTS) is 1. The van der Waals surface area contributed by atoms with Crippen LogP contribution in [0.4, 0.5) is 0 Å². The Morgan fingerprint density at radius 1 is 0.933 bits per heavy atom. The summed E-state index contributed by atoms with van der Waals surface area (Å²) in [7, 11) is 0. The van der Waals surface area contributed by atoms with Gasteiger partial charge in [0.2, 0.25) is 0 Å². The summed E-state index contributed by atoms with van der Waals surface area (Å²) in [5.74, 6) is 0.749. The van der Waals surface area contributed by atoms with Gasteiger partial charge in [-0.15, -0.1) is 0 Å². The minimum atomic E-state index is -0.653. The van der Waals surface area contributed by atoms with Crippen molar-refractivity contribution in [3.8, 4) is 0 Å². The first-order valence-electron chi connectivity index (χ1n) is 11.4. The van der Waals surface area contributed by atoms with Crippen molar-refractivity contribution in [2.75, 3.05) is 0 Å². The molecule has 2 aromatic carbocycles. The highest BCUT2D eigenvalue weighted by molar-refractivity contribution is 9.10. The van der Waals surface area contributed by atoms with E-state index in [2.05, 4.69) is 64.5 Å². The third-order valence-corrected chi connectivity index (χ3v) is 7.76. The third-order valence-electron chi connectivity index (χ3n) is 7.02. The van der Waals surface area contributed by atoms with E-state index in [1.807, 2.05) is 0 Å². The topological polar surface area (TPSA) is 37.3 Å². The predicted molar refractivity (Wildman–Crippen MR) is 127 cm³/mol. The Morgan fingerprint density at radius 2 is 1.63 bits per heavy atom. The van der Waals surface area contributed by atoms with Crippen molar-refractivity contribution in [3.05, 3.63) is 75.3 Å². The molecule has 1 fully saturated rings. The average molecular weight is 467 g/mol. The maximum atomic E-state index is 10.8. The molecule has 0 aromatic heterocycles. The maximum absolute atomic E-state index is 10.8. The summed E-state index contributed by atoms with van der Waals surface area (Å²) in [5.41, 5.74) is 7.05. The van der Waals surface area contributed by atoms with Crippen LogP contribution in [0.25, 0.3) is 5.57 Å². The van der Waals surface area contributed by atoms with E-state index in [1.165, 1.54) is 64.4 Å². The zero-order valence-electron chi connectivity index (χ0n) is 17.6. The van der Waals surface area contributed by atoms with Crippen LogP contribution in [0.5, 0.6) is 0 Å². The molecule has 2 aliphatic rings. The number of aliphatic carboxylic acids is 1. The summed E-state index contributed by atoms with van der Waals surface area (Å²) in [4.78, 5) is 10.8. The Morgan fingerprint density at radius 3 is 2.40 bits per heavy atom. The quantitative estimate of drug-likeness (QED) is 0.480. The first kappa shape index (κ1) is 21.4. The molecule has 158 valence electrons. The van der Waals surface area contributed by atoms with Crippen LogP contribution in [0.3, 0.4) is 0 Å². The number of hydrogen-bond acceptors (Lipinski definition) is 1. The van der Waals surface area contributed by atoms with Gasteiger partial charge in [0.25, 0.3) is 0 Å². The summed E-state index contributed by atoms with van der Waals surface area (Å²) < 4.78 is 1.22. The van der Waals surface area contributed by atoms with E-state index >= 15 is 0 Å². The molecule has 0 unspecified atom stereocenters. The minimum Gasteiger partial charge on any atom is -0.481 e. The van der Waals surface area contributed by atoms with Crippen molar-refractivity contribution in [1.82, 2.24) is 0 Å². The van der Waals surface area contributed by atoms with Crippen LogP contribution in [0, 0.1) is 11.8 Å². The maximum Gasteiger partial charge on any atom is 0.303 e.